The van der Waals surface area contributed by atoms with Crippen LogP contribution in [0.4, 0.5) is 17.3 Å². The summed E-state index contributed by atoms with van der Waals surface area (Å²) in [5, 5.41) is 3.88. The van der Waals surface area contributed by atoms with Crippen LogP contribution in [0.15, 0.2) is 24.5 Å². The Morgan fingerprint density at radius 2 is 2.00 bits per heavy atom. The number of anilines is 3. The van der Waals surface area contributed by atoms with Crippen LogP contribution in [0.2, 0.25) is 5.02 Å². The summed E-state index contributed by atoms with van der Waals surface area (Å²) < 4.78 is 0. The summed E-state index contributed by atoms with van der Waals surface area (Å²) in [6, 6.07) is 5.79. The molecule has 1 heterocycles. The molecule has 0 amide bonds. The third-order valence-electron chi connectivity index (χ3n) is 2.81. The van der Waals surface area contributed by atoms with Gasteiger partial charge in [-0.25, -0.2) is 15.8 Å². The lowest BCUT2D eigenvalue weighted by atomic mass is 10.2. The maximum atomic E-state index is 6.17. The van der Waals surface area contributed by atoms with Gasteiger partial charge in [0.2, 0.25) is 0 Å². The highest BCUT2D eigenvalue weighted by molar-refractivity contribution is 6.33. The average molecular weight is 278 g/mol. The Labute approximate surface area is 117 Å². The summed E-state index contributed by atoms with van der Waals surface area (Å²) in [6.07, 6.45) is 2.21. The van der Waals surface area contributed by atoms with Gasteiger partial charge in [0.1, 0.15) is 18.0 Å². The van der Waals surface area contributed by atoms with E-state index in [1.165, 1.54) is 6.33 Å². The second-order valence-electron chi connectivity index (χ2n) is 4.16. The van der Waals surface area contributed by atoms with Gasteiger partial charge in [0, 0.05) is 5.56 Å². The van der Waals surface area contributed by atoms with Crippen molar-refractivity contribution in [1.82, 2.24) is 9.97 Å². The summed E-state index contributed by atoms with van der Waals surface area (Å²) in [7, 11) is 0. The van der Waals surface area contributed by atoms with Crippen molar-refractivity contribution in [3.63, 3.8) is 0 Å². The first-order valence-corrected chi connectivity index (χ1v) is 6.37. The van der Waals surface area contributed by atoms with Gasteiger partial charge >= 0.3 is 0 Å². The normalized spacial score (nSPS) is 10.3. The van der Waals surface area contributed by atoms with E-state index >= 15 is 0 Å². The van der Waals surface area contributed by atoms with E-state index in [9.17, 15) is 0 Å². The van der Waals surface area contributed by atoms with E-state index in [-0.39, 0.29) is 0 Å². The van der Waals surface area contributed by atoms with Crippen molar-refractivity contribution in [2.24, 2.45) is 5.84 Å². The van der Waals surface area contributed by atoms with Gasteiger partial charge in [-0.2, -0.15) is 0 Å². The van der Waals surface area contributed by atoms with E-state index in [0.29, 0.717) is 16.7 Å². The van der Waals surface area contributed by atoms with Gasteiger partial charge in [0.05, 0.1) is 10.7 Å². The average Bonchev–Trinajstić information content (AvgIpc) is 2.42. The predicted molar refractivity (Wildman–Crippen MR) is 78.7 cm³/mol. The van der Waals surface area contributed by atoms with Crippen molar-refractivity contribution in [3.05, 3.63) is 40.7 Å². The Morgan fingerprint density at radius 3 is 2.68 bits per heavy atom. The zero-order valence-electron chi connectivity index (χ0n) is 10.9. The SMILES string of the molecule is CCc1c(NN)ncnc1Nc1cc(C)ccc1Cl. The van der Waals surface area contributed by atoms with E-state index in [1.54, 1.807) is 0 Å². The summed E-state index contributed by atoms with van der Waals surface area (Å²) in [6.45, 7) is 4.03. The molecular formula is C13H16ClN5. The smallest absolute Gasteiger partial charge is 0.148 e. The minimum Gasteiger partial charge on any atom is -0.339 e. The fourth-order valence-electron chi connectivity index (χ4n) is 1.84. The lowest BCUT2D eigenvalue weighted by Crippen LogP contribution is -2.13. The van der Waals surface area contributed by atoms with Crippen LogP contribution in [0.25, 0.3) is 0 Å². The molecule has 0 bridgehead atoms. The van der Waals surface area contributed by atoms with Gasteiger partial charge in [0.15, 0.2) is 0 Å². The monoisotopic (exact) mass is 277 g/mol. The predicted octanol–water partition coefficient (Wildman–Crippen LogP) is 3.03. The largest absolute Gasteiger partial charge is 0.339 e. The molecule has 0 spiro atoms. The molecule has 0 unspecified atom stereocenters. The maximum absolute atomic E-state index is 6.17. The Kier molecular flexibility index (Phi) is 4.19. The number of nitrogen functional groups attached to an aromatic ring is 1. The number of halogens is 1. The Balaban J connectivity index is 2.40. The van der Waals surface area contributed by atoms with Crippen molar-refractivity contribution in [2.45, 2.75) is 20.3 Å². The van der Waals surface area contributed by atoms with E-state index < -0.39 is 0 Å². The van der Waals surface area contributed by atoms with E-state index in [1.807, 2.05) is 32.0 Å². The highest BCUT2D eigenvalue weighted by Crippen LogP contribution is 2.28. The maximum Gasteiger partial charge on any atom is 0.148 e. The molecule has 5 nitrogen and oxygen atoms in total. The molecule has 0 atom stereocenters. The van der Waals surface area contributed by atoms with Crippen molar-refractivity contribution in [1.29, 1.82) is 0 Å². The molecule has 0 fully saturated rings. The number of nitrogens with one attached hydrogen (secondary N) is 2. The van der Waals surface area contributed by atoms with Gasteiger partial charge < -0.3 is 10.7 Å². The number of hydrazine groups is 1. The van der Waals surface area contributed by atoms with Crippen LogP contribution in [0.3, 0.4) is 0 Å². The van der Waals surface area contributed by atoms with Crippen LogP contribution in [-0.4, -0.2) is 9.97 Å². The van der Waals surface area contributed by atoms with Gasteiger partial charge in [-0.15, -0.1) is 0 Å². The molecule has 2 rings (SSSR count). The molecule has 0 aliphatic rings. The lowest BCUT2D eigenvalue weighted by molar-refractivity contribution is 1.04. The molecule has 2 aromatic rings. The van der Waals surface area contributed by atoms with Crippen molar-refractivity contribution >= 4 is 28.9 Å². The number of benzene rings is 1. The third-order valence-corrected chi connectivity index (χ3v) is 3.14. The fourth-order valence-corrected chi connectivity index (χ4v) is 2.01. The molecule has 100 valence electrons. The van der Waals surface area contributed by atoms with Crippen LogP contribution in [-0.2, 0) is 6.42 Å². The quantitative estimate of drug-likeness (QED) is 0.592. The minimum absolute atomic E-state index is 0.615. The molecule has 19 heavy (non-hydrogen) atoms. The molecule has 0 aliphatic heterocycles. The lowest BCUT2D eigenvalue weighted by Gasteiger charge is -2.14. The Hall–Kier alpha value is -1.85. The number of hydrogen-bond donors (Lipinski definition) is 3. The summed E-state index contributed by atoms with van der Waals surface area (Å²) >= 11 is 6.17. The summed E-state index contributed by atoms with van der Waals surface area (Å²) in [4.78, 5) is 8.34. The third kappa shape index (κ3) is 2.94. The molecule has 4 N–H and O–H groups in total. The zero-order valence-corrected chi connectivity index (χ0v) is 11.6. The second-order valence-corrected chi connectivity index (χ2v) is 4.56. The number of aryl methyl sites for hydroxylation is 1. The molecule has 0 saturated heterocycles. The van der Waals surface area contributed by atoms with Gasteiger partial charge in [-0.1, -0.05) is 24.6 Å². The second kappa shape index (κ2) is 5.86. The number of rotatable bonds is 4. The standard InChI is InChI=1S/C13H16ClN5/c1-3-9-12(16-7-17-13(9)19-15)18-11-6-8(2)4-5-10(11)14/h4-7H,3,15H2,1-2H3,(H2,16,17,18,19). The Bertz CT molecular complexity index is 585. The molecule has 1 aromatic heterocycles. The first-order chi connectivity index (χ1) is 9.15. The molecule has 0 radical (unpaired) electrons. The van der Waals surface area contributed by atoms with Gasteiger partial charge in [-0.05, 0) is 31.0 Å². The van der Waals surface area contributed by atoms with E-state index in [2.05, 4.69) is 20.7 Å². The van der Waals surface area contributed by atoms with Crippen LogP contribution in [0, 0.1) is 6.92 Å². The van der Waals surface area contributed by atoms with E-state index in [0.717, 1.165) is 23.2 Å². The number of aromatic nitrogens is 2. The highest BCUT2D eigenvalue weighted by atomic mass is 35.5. The van der Waals surface area contributed by atoms with Crippen molar-refractivity contribution in [2.75, 3.05) is 10.7 Å². The zero-order chi connectivity index (χ0) is 13.8. The molecule has 0 aliphatic carbocycles. The molecular weight excluding hydrogens is 262 g/mol. The minimum atomic E-state index is 0.615. The highest BCUT2D eigenvalue weighted by Gasteiger charge is 2.10. The number of nitrogens with two attached hydrogens (primary N) is 1. The van der Waals surface area contributed by atoms with Crippen LogP contribution < -0.4 is 16.6 Å². The summed E-state index contributed by atoms with van der Waals surface area (Å²) in [5.74, 6) is 6.77. The molecule has 1 aromatic carbocycles. The molecule has 0 saturated carbocycles. The van der Waals surface area contributed by atoms with Crippen molar-refractivity contribution in [3.8, 4) is 0 Å². The summed E-state index contributed by atoms with van der Waals surface area (Å²) in [5.41, 5.74) is 5.43. The van der Waals surface area contributed by atoms with Gasteiger partial charge in [0.25, 0.3) is 0 Å². The van der Waals surface area contributed by atoms with Gasteiger partial charge in [-0.3, -0.25) is 0 Å². The van der Waals surface area contributed by atoms with E-state index in [4.69, 9.17) is 17.4 Å². The first kappa shape index (κ1) is 13.6. The number of hydrogen-bond acceptors (Lipinski definition) is 5. The Morgan fingerprint density at radius 1 is 1.26 bits per heavy atom. The topological polar surface area (TPSA) is 75.9 Å². The van der Waals surface area contributed by atoms with Crippen LogP contribution in [0.5, 0.6) is 0 Å². The van der Waals surface area contributed by atoms with Crippen molar-refractivity contribution < 1.29 is 0 Å². The van der Waals surface area contributed by atoms with Crippen LogP contribution >= 0.6 is 11.6 Å². The van der Waals surface area contributed by atoms with Crippen LogP contribution in [0.1, 0.15) is 18.1 Å². The number of nitrogens with zero attached hydrogens (tertiary/aromatic N) is 2. The first-order valence-electron chi connectivity index (χ1n) is 5.99. The molecule has 6 heteroatoms. The fraction of sp³-hybridized carbons (Fsp3) is 0.231.